The smallest absolute Gasteiger partial charge is 0.180 e. The number of nitrogens with one attached hydrogen (secondary N) is 2. The van der Waals surface area contributed by atoms with Crippen molar-refractivity contribution >= 4 is 17.3 Å². The zero-order valence-corrected chi connectivity index (χ0v) is 12.8. The van der Waals surface area contributed by atoms with E-state index in [1.807, 2.05) is 16.8 Å². The molecule has 20 heavy (non-hydrogen) atoms. The van der Waals surface area contributed by atoms with Gasteiger partial charge < -0.3 is 15.0 Å². The van der Waals surface area contributed by atoms with Crippen LogP contribution in [0.25, 0.3) is 5.65 Å². The van der Waals surface area contributed by atoms with E-state index < -0.39 is 0 Å². The molecular formula is C15H25N5. The van der Waals surface area contributed by atoms with Gasteiger partial charge in [-0.2, -0.15) is 0 Å². The third-order valence-electron chi connectivity index (χ3n) is 3.57. The van der Waals surface area contributed by atoms with Crippen molar-refractivity contribution < 1.29 is 0 Å². The summed E-state index contributed by atoms with van der Waals surface area (Å²) in [5.41, 5.74) is 0.877. The van der Waals surface area contributed by atoms with Gasteiger partial charge in [0.15, 0.2) is 11.5 Å². The molecule has 5 heteroatoms. The summed E-state index contributed by atoms with van der Waals surface area (Å²) in [6, 6.07) is 0.384. The standard InChI is InChI=1S/C15H25N5/c1-5-11(3)9-12(4)18-14-15-17-7-8-20(15)10-13(19-14)16-6-2/h7-8,10-12,16H,5-6,9H2,1-4H3,(H,18,19). The van der Waals surface area contributed by atoms with Gasteiger partial charge in [-0.1, -0.05) is 20.3 Å². The second-order valence-corrected chi connectivity index (χ2v) is 5.46. The van der Waals surface area contributed by atoms with Gasteiger partial charge in [0.2, 0.25) is 0 Å². The first kappa shape index (κ1) is 14.6. The van der Waals surface area contributed by atoms with E-state index in [1.165, 1.54) is 6.42 Å². The molecule has 0 radical (unpaired) electrons. The minimum absolute atomic E-state index is 0.384. The summed E-state index contributed by atoms with van der Waals surface area (Å²) >= 11 is 0. The molecular weight excluding hydrogens is 250 g/mol. The van der Waals surface area contributed by atoms with Crippen LogP contribution in [0.15, 0.2) is 18.6 Å². The summed E-state index contributed by atoms with van der Waals surface area (Å²) in [5, 5.41) is 6.76. The Hall–Kier alpha value is -1.78. The molecule has 0 spiro atoms. The van der Waals surface area contributed by atoms with Crippen LogP contribution in [0.5, 0.6) is 0 Å². The highest BCUT2D eigenvalue weighted by Crippen LogP contribution is 2.19. The summed E-state index contributed by atoms with van der Waals surface area (Å²) in [5.74, 6) is 2.44. The molecule has 2 aromatic rings. The lowest BCUT2D eigenvalue weighted by Crippen LogP contribution is -2.20. The number of rotatable bonds is 7. The van der Waals surface area contributed by atoms with Gasteiger partial charge in [-0.05, 0) is 26.2 Å². The molecule has 2 rings (SSSR count). The third kappa shape index (κ3) is 3.40. The van der Waals surface area contributed by atoms with Crippen molar-refractivity contribution in [3.63, 3.8) is 0 Å². The van der Waals surface area contributed by atoms with Crippen molar-refractivity contribution in [1.82, 2.24) is 14.4 Å². The number of hydrogen-bond acceptors (Lipinski definition) is 4. The fourth-order valence-electron chi connectivity index (χ4n) is 2.36. The highest BCUT2D eigenvalue weighted by Gasteiger charge is 2.12. The molecule has 0 aliphatic heterocycles. The first-order valence-corrected chi connectivity index (χ1v) is 7.48. The molecule has 0 amide bonds. The predicted molar refractivity (Wildman–Crippen MR) is 84.3 cm³/mol. The lowest BCUT2D eigenvalue weighted by Gasteiger charge is -2.19. The van der Waals surface area contributed by atoms with E-state index in [4.69, 9.17) is 0 Å². The Morgan fingerprint density at radius 2 is 2.10 bits per heavy atom. The number of imidazole rings is 1. The highest BCUT2D eigenvalue weighted by atomic mass is 15.1. The van der Waals surface area contributed by atoms with Gasteiger partial charge in [-0.3, -0.25) is 0 Å². The van der Waals surface area contributed by atoms with E-state index in [-0.39, 0.29) is 0 Å². The van der Waals surface area contributed by atoms with Crippen LogP contribution in [0.4, 0.5) is 11.6 Å². The van der Waals surface area contributed by atoms with Crippen molar-refractivity contribution in [2.45, 2.75) is 46.6 Å². The molecule has 2 atom stereocenters. The van der Waals surface area contributed by atoms with Gasteiger partial charge in [-0.15, -0.1) is 0 Å². The fourth-order valence-corrected chi connectivity index (χ4v) is 2.36. The molecule has 0 aliphatic carbocycles. The lowest BCUT2D eigenvalue weighted by molar-refractivity contribution is 0.483. The summed E-state index contributed by atoms with van der Waals surface area (Å²) < 4.78 is 2.00. The molecule has 2 heterocycles. The Morgan fingerprint density at radius 3 is 2.80 bits per heavy atom. The Balaban J connectivity index is 2.21. The van der Waals surface area contributed by atoms with E-state index in [2.05, 4.69) is 48.3 Å². The van der Waals surface area contributed by atoms with Crippen molar-refractivity contribution in [3.05, 3.63) is 18.6 Å². The maximum atomic E-state index is 4.63. The van der Waals surface area contributed by atoms with Crippen LogP contribution in [-0.2, 0) is 0 Å². The quantitative estimate of drug-likeness (QED) is 0.813. The number of nitrogens with zero attached hydrogens (tertiary/aromatic N) is 3. The lowest BCUT2D eigenvalue weighted by atomic mass is 10.0. The van der Waals surface area contributed by atoms with Gasteiger partial charge in [0, 0.05) is 25.0 Å². The van der Waals surface area contributed by atoms with Crippen LogP contribution in [0.1, 0.15) is 40.5 Å². The molecule has 0 fully saturated rings. The molecule has 0 saturated carbocycles. The van der Waals surface area contributed by atoms with Crippen molar-refractivity contribution in [3.8, 4) is 0 Å². The molecule has 0 bridgehead atoms. The Labute approximate surface area is 120 Å². The zero-order chi connectivity index (χ0) is 14.5. The van der Waals surface area contributed by atoms with Crippen molar-refractivity contribution in [2.24, 2.45) is 5.92 Å². The van der Waals surface area contributed by atoms with Gasteiger partial charge in [0.25, 0.3) is 0 Å². The first-order valence-electron chi connectivity index (χ1n) is 7.48. The van der Waals surface area contributed by atoms with Crippen molar-refractivity contribution in [1.29, 1.82) is 0 Å². The maximum absolute atomic E-state index is 4.63. The highest BCUT2D eigenvalue weighted by molar-refractivity contribution is 5.65. The van der Waals surface area contributed by atoms with E-state index in [1.54, 1.807) is 6.20 Å². The number of fused-ring (bicyclic) bond motifs is 1. The average Bonchev–Trinajstić information content (AvgIpc) is 2.87. The number of anilines is 2. The summed E-state index contributed by atoms with van der Waals surface area (Å²) in [6.45, 7) is 9.64. The monoisotopic (exact) mass is 275 g/mol. The minimum Gasteiger partial charge on any atom is -0.369 e. The largest absolute Gasteiger partial charge is 0.369 e. The van der Waals surface area contributed by atoms with Crippen molar-refractivity contribution in [2.75, 3.05) is 17.2 Å². The maximum Gasteiger partial charge on any atom is 0.180 e. The van der Waals surface area contributed by atoms with Crippen LogP contribution >= 0.6 is 0 Å². The normalized spacial score (nSPS) is 14.2. The third-order valence-corrected chi connectivity index (χ3v) is 3.57. The Kier molecular flexibility index (Phi) is 4.82. The van der Waals surface area contributed by atoms with Crippen LogP contribution in [0, 0.1) is 5.92 Å². The summed E-state index contributed by atoms with van der Waals surface area (Å²) in [4.78, 5) is 9.01. The molecule has 2 aromatic heterocycles. The Bertz CT molecular complexity index is 548. The number of aromatic nitrogens is 3. The van der Waals surface area contributed by atoms with Crippen LogP contribution in [0.2, 0.25) is 0 Å². The molecule has 5 nitrogen and oxygen atoms in total. The predicted octanol–water partition coefficient (Wildman–Crippen LogP) is 3.40. The van der Waals surface area contributed by atoms with Crippen LogP contribution in [-0.4, -0.2) is 27.0 Å². The fraction of sp³-hybridized carbons (Fsp3) is 0.600. The zero-order valence-electron chi connectivity index (χ0n) is 12.8. The number of hydrogen-bond donors (Lipinski definition) is 2. The van der Waals surface area contributed by atoms with Gasteiger partial charge in [0.1, 0.15) is 5.82 Å². The molecule has 2 N–H and O–H groups in total. The van der Waals surface area contributed by atoms with E-state index in [0.29, 0.717) is 12.0 Å². The summed E-state index contributed by atoms with van der Waals surface area (Å²) in [7, 11) is 0. The topological polar surface area (TPSA) is 54.2 Å². The molecule has 0 aromatic carbocycles. The van der Waals surface area contributed by atoms with Crippen LogP contribution in [0.3, 0.4) is 0 Å². The van der Waals surface area contributed by atoms with Gasteiger partial charge in [0.05, 0.1) is 6.20 Å². The molecule has 2 unspecified atom stereocenters. The average molecular weight is 275 g/mol. The molecule has 0 saturated heterocycles. The Morgan fingerprint density at radius 1 is 1.30 bits per heavy atom. The second kappa shape index (κ2) is 6.59. The van der Waals surface area contributed by atoms with Gasteiger partial charge >= 0.3 is 0 Å². The molecule has 0 aliphatic rings. The second-order valence-electron chi connectivity index (χ2n) is 5.46. The van der Waals surface area contributed by atoms with E-state index in [0.717, 1.165) is 30.2 Å². The van der Waals surface area contributed by atoms with E-state index in [9.17, 15) is 0 Å². The van der Waals surface area contributed by atoms with Crippen LogP contribution < -0.4 is 10.6 Å². The summed E-state index contributed by atoms with van der Waals surface area (Å²) in [6.07, 6.45) is 8.06. The SMILES string of the molecule is CCNc1cn2ccnc2c(NC(C)CC(C)CC)n1. The molecule has 110 valence electrons. The minimum atomic E-state index is 0.384. The first-order chi connectivity index (χ1) is 9.63. The van der Waals surface area contributed by atoms with Gasteiger partial charge in [-0.25, -0.2) is 9.97 Å². The van der Waals surface area contributed by atoms with E-state index >= 15 is 0 Å².